The van der Waals surface area contributed by atoms with Gasteiger partial charge in [0.15, 0.2) is 11.5 Å². The van der Waals surface area contributed by atoms with Gasteiger partial charge in [0.1, 0.15) is 11.5 Å². The van der Waals surface area contributed by atoms with Crippen LogP contribution in [-0.2, 0) is 4.79 Å². The number of benzene rings is 2. The van der Waals surface area contributed by atoms with Crippen LogP contribution in [0.5, 0.6) is 23.0 Å². The van der Waals surface area contributed by atoms with Crippen LogP contribution in [0, 0.1) is 0 Å². The number of hydrazone groups is 1. The number of nitrogens with zero attached hydrogens (tertiary/aromatic N) is 3. The molecule has 2 aromatic carbocycles. The maximum atomic E-state index is 12.0. The van der Waals surface area contributed by atoms with E-state index in [-0.39, 0.29) is 11.9 Å². The van der Waals surface area contributed by atoms with Gasteiger partial charge in [-0.2, -0.15) is 5.10 Å². The smallest absolute Gasteiger partial charge is 0.219 e. The number of ether oxygens (including phenoxy) is 4. The molecule has 3 aliphatic rings. The molecule has 3 heterocycles. The number of carbonyl (C=O) groups is 1. The molecule has 0 N–H and O–H groups in total. The molecule has 1 fully saturated rings. The first-order chi connectivity index (χ1) is 16.0. The van der Waals surface area contributed by atoms with Crippen LogP contribution in [0.25, 0.3) is 0 Å². The first-order valence-corrected chi connectivity index (χ1v) is 11.2. The van der Waals surface area contributed by atoms with E-state index in [1.807, 2.05) is 35.2 Å². The molecule has 0 saturated carbocycles. The predicted molar refractivity (Wildman–Crippen MR) is 123 cm³/mol. The van der Waals surface area contributed by atoms with E-state index in [1.165, 1.54) is 0 Å². The summed E-state index contributed by atoms with van der Waals surface area (Å²) in [6.07, 6.45) is 2.04. The second-order valence-corrected chi connectivity index (χ2v) is 8.61. The molecule has 3 aliphatic heterocycles. The summed E-state index contributed by atoms with van der Waals surface area (Å²) in [5.41, 5.74) is 2.29. The maximum absolute atomic E-state index is 12.0. The minimum Gasteiger partial charge on any atom is -0.497 e. The standard InChI is InChI=1S/C25H29N3O5/c1-16(29)27-12-10-25(11-13-27)28-21(19-6-5-7-22(31-3)24(19)33-25)15-20(26-28)18-9-8-17(30-2)14-23(18)32-4/h5-9,14,21H,10-13,15H2,1-4H3/t21-/m0/s1. The van der Waals surface area contributed by atoms with Crippen molar-refractivity contribution in [3.8, 4) is 23.0 Å². The van der Waals surface area contributed by atoms with Gasteiger partial charge in [0.25, 0.3) is 0 Å². The van der Waals surface area contributed by atoms with Gasteiger partial charge in [-0.15, -0.1) is 0 Å². The molecular formula is C25H29N3O5. The summed E-state index contributed by atoms with van der Waals surface area (Å²) in [6, 6.07) is 11.8. The van der Waals surface area contributed by atoms with Crippen molar-refractivity contribution in [3.05, 3.63) is 47.5 Å². The molecule has 0 radical (unpaired) electrons. The van der Waals surface area contributed by atoms with E-state index in [4.69, 9.17) is 24.0 Å². The molecular weight excluding hydrogens is 422 g/mol. The number of piperidine rings is 1. The summed E-state index contributed by atoms with van der Waals surface area (Å²) in [4.78, 5) is 13.8. The number of hydrogen-bond acceptors (Lipinski definition) is 7. The quantitative estimate of drug-likeness (QED) is 0.707. The summed E-state index contributed by atoms with van der Waals surface area (Å²) >= 11 is 0. The van der Waals surface area contributed by atoms with Gasteiger partial charge in [-0.3, -0.25) is 4.79 Å². The average molecular weight is 452 g/mol. The summed E-state index contributed by atoms with van der Waals surface area (Å²) in [5.74, 6) is 3.04. The molecule has 2 aromatic rings. The number of fused-ring (bicyclic) bond motifs is 4. The normalized spacial score (nSPS) is 20.5. The second-order valence-electron chi connectivity index (χ2n) is 8.61. The number of rotatable bonds is 4. The van der Waals surface area contributed by atoms with E-state index in [9.17, 15) is 4.79 Å². The molecule has 1 spiro atoms. The number of para-hydroxylation sites is 1. The largest absolute Gasteiger partial charge is 0.497 e. The zero-order valence-corrected chi connectivity index (χ0v) is 19.5. The van der Waals surface area contributed by atoms with Gasteiger partial charge in [-0.05, 0) is 18.2 Å². The number of carbonyl (C=O) groups excluding carboxylic acids is 1. The van der Waals surface area contributed by atoms with Crippen molar-refractivity contribution in [2.45, 2.75) is 38.0 Å². The molecule has 1 atom stereocenters. The third-order valence-corrected chi connectivity index (χ3v) is 6.92. The molecule has 0 bridgehead atoms. The Morgan fingerprint density at radius 1 is 1.06 bits per heavy atom. The van der Waals surface area contributed by atoms with Crippen LogP contribution in [0.2, 0.25) is 0 Å². The van der Waals surface area contributed by atoms with Crippen LogP contribution in [0.1, 0.15) is 43.4 Å². The van der Waals surface area contributed by atoms with Gasteiger partial charge < -0.3 is 23.8 Å². The lowest BCUT2D eigenvalue weighted by Crippen LogP contribution is -2.59. The second kappa shape index (κ2) is 8.17. The minimum atomic E-state index is -0.639. The third kappa shape index (κ3) is 3.44. The fourth-order valence-corrected chi connectivity index (χ4v) is 5.13. The zero-order valence-electron chi connectivity index (χ0n) is 19.5. The first kappa shape index (κ1) is 21.4. The van der Waals surface area contributed by atoms with Gasteiger partial charge in [0.05, 0.1) is 33.1 Å². The van der Waals surface area contributed by atoms with Gasteiger partial charge in [0.2, 0.25) is 11.6 Å². The van der Waals surface area contributed by atoms with E-state index in [1.54, 1.807) is 28.3 Å². The van der Waals surface area contributed by atoms with Crippen molar-refractivity contribution in [1.29, 1.82) is 0 Å². The predicted octanol–water partition coefficient (Wildman–Crippen LogP) is 3.59. The summed E-state index contributed by atoms with van der Waals surface area (Å²) in [5, 5.41) is 7.22. The van der Waals surface area contributed by atoms with Crippen molar-refractivity contribution >= 4 is 11.6 Å². The number of amides is 1. The first-order valence-electron chi connectivity index (χ1n) is 11.2. The van der Waals surface area contributed by atoms with Crippen LogP contribution in [0.3, 0.4) is 0 Å². The fraction of sp³-hybridized carbons (Fsp3) is 0.440. The molecule has 174 valence electrons. The fourth-order valence-electron chi connectivity index (χ4n) is 5.13. The third-order valence-electron chi connectivity index (χ3n) is 6.92. The lowest BCUT2D eigenvalue weighted by atomic mass is 9.90. The van der Waals surface area contributed by atoms with Crippen molar-refractivity contribution < 1.29 is 23.7 Å². The highest BCUT2D eigenvalue weighted by Crippen LogP contribution is 2.53. The molecule has 0 aromatic heterocycles. The van der Waals surface area contributed by atoms with E-state index in [0.717, 1.165) is 39.8 Å². The summed E-state index contributed by atoms with van der Waals surface area (Å²) in [7, 11) is 4.96. The van der Waals surface area contributed by atoms with Crippen molar-refractivity contribution in [2.75, 3.05) is 34.4 Å². The molecule has 5 rings (SSSR count). The number of hydrogen-bond donors (Lipinski definition) is 0. The lowest BCUT2D eigenvalue weighted by Gasteiger charge is -2.51. The lowest BCUT2D eigenvalue weighted by molar-refractivity contribution is -0.159. The van der Waals surface area contributed by atoms with Gasteiger partial charge in [-0.25, -0.2) is 5.01 Å². The van der Waals surface area contributed by atoms with Gasteiger partial charge in [0, 0.05) is 56.5 Å². The highest BCUT2D eigenvalue weighted by molar-refractivity contribution is 6.04. The van der Waals surface area contributed by atoms with Gasteiger partial charge >= 0.3 is 0 Å². The Kier molecular flexibility index (Phi) is 5.31. The molecule has 1 saturated heterocycles. The van der Waals surface area contributed by atoms with Crippen molar-refractivity contribution in [1.82, 2.24) is 9.91 Å². The Labute approximate surface area is 193 Å². The SMILES string of the molecule is COc1ccc(C2=NN3[C@@H](C2)c2cccc(OC)c2OC32CCN(C(C)=O)CC2)c(OC)c1. The van der Waals surface area contributed by atoms with Crippen LogP contribution in [0.4, 0.5) is 0 Å². The molecule has 0 aliphatic carbocycles. The van der Waals surface area contributed by atoms with E-state index < -0.39 is 5.72 Å². The topological polar surface area (TPSA) is 72.8 Å². The summed E-state index contributed by atoms with van der Waals surface area (Å²) in [6.45, 7) is 2.86. The highest BCUT2D eigenvalue weighted by Gasteiger charge is 2.53. The molecule has 8 nitrogen and oxygen atoms in total. The van der Waals surface area contributed by atoms with Crippen LogP contribution < -0.4 is 18.9 Å². The minimum absolute atomic E-state index is 0.00883. The highest BCUT2D eigenvalue weighted by atomic mass is 16.5. The van der Waals surface area contributed by atoms with Crippen molar-refractivity contribution in [2.24, 2.45) is 5.10 Å². The van der Waals surface area contributed by atoms with Gasteiger partial charge in [-0.1, -0.05) is 12.1 Å². The van der Waals surface area contributed by atoms with Crippen LogP contribution in [0.15, 0.2) is 41.5 Å². The zero-order chi connectivity index (χ0) is 23.2. The Hall–Kier alpha value is -3.42. The molecule has 0 unspecified atom stereocenters. The Morgan fingerprint density at radius 3 is 2.48 bits per heavy atom. The monoisotopic (exact) mass is 451 g/mol. The molecule has 1 amide bonds. The summed E-state index contributed by atoms with van der Waals surface area (Å²) < 4.78 is 23.4. The van der Waals surface area contributed by atoms with Crippen molar-refractivity contribution in [3.63, 3.8) is 0 Å². The van der Waals surface area contributed by atoms with E-state index in [0.29, 0.717) is 32.4 Å². The van der Waals surface area contributed by atoms with E-state index >= 15 is 0 Å². The Bertz CT molecular complexity index is 1110. The molecule has 33 heavy (non-hydrogen) atoms. The average Bonchev–Trinajstić information content (AvgIpc) is 3.30. The number of likely N-dealkylation sites (tertiary alicyclic amines) is 1. The van der Waals surface area contributed by atoms with Crippen LogP contribution >= 0.6 is 0 Å². The van der Waals surface area contributed by atoms with Crippen LogP contribution in [-0.4, -0.2) is 61.7 Å². The van der Waals surface area contributed by atoms with E-state index in [2.05, 4.69) is 11.1 Å². The molecule has 8 heteroatoms. The Morgan fingerprint density at radius 2 is 1.82 bits per heavy atom. The maximum Gasteiger partial charge on any atom is 0.219 e. The number of methoxy groups -OCH3 is 3. The Balaban J connectivity index is 1.58.